The zero-order valence-corrected chi connectivity index (χ0v) is 15.1. The SMILES string of the molecule is CC(=O)[C@@H]1CC[C@H]2C3CC[C@@H]4CC(=O)CC[C@]4(C)C3CC[C@]12C. The second kappa shape index (κ2) is 5.17. The first kappa shape index (κ1) is 15.8. The van der Waals surface area contributed by atoms with Gasteiger partial charge in [0, 0.05) is 18.8 Å². The zero-order chi connectivity index (χ0) is 16.4. The fourth-order valence-corrected chi connectivity index (χ4v) is 7.71. The molecule has 2 heteroatoms. The van der Waals surface area contributed by atoms with Gasteiger partial charge >= 0.3 is 0 Å². The molecule has 0 bridgehead atoms. The lowest BCUT2D eigenvalue weighted by Crippen LogP contribution is -2.53. The molecule has 4 saturated carbocycles. The molecule has 0 saturated heterocycles. The molecule has 4 rings (SSSR count). The Morgan fingerprint density at radius 2 is 1.70 bits per heavy atom. The highest BCUT2D eigenvalue weighted by Gasteiger charge is 2.60. The number of rotatable bonds is 1. The van der Waals surface area contributed by atoms with Crippen LogP contribution in [0.5, 0.6) is 0 Å². The van der Waals surface area contributed by atoms with Crippen LogP contribution in [0, 0.1) is 40.4 Å². The Morgan fingerprint density at radius 3 is 2.43 bits per heavy atom. The molecule has 0 aromatic heterocycles. The average Bonchev–Trinajstić information content (AvgIpc) is 2.85. The normalized spacial score (nSPS) is 52.5. The molecule has 4 aliphatic carbocycles. The lowest BCUT2D eigenvalue weighted by Gasteiger charge is -2.60. The third-order valence-corrected chi connectivity index (χ3v) is 8.97. The van der Waals surface area contributed by atoms with Crippen molar-refractivity contribution in [3.8, 4) is 0 Å². The summed E-state index contributed by atoms with van der Waals surface area (Å²) in [7, 11) is 0. The van der Waals surface area contributed by atoms with Gasteiger partial charge < -0.3 is 0 Å². The summed E-state index contributed by atoms with van der Waals surface area (Å²) in [6.45, 7) is 6.74. The van der Waals surface area contributed by atoms with E-state index in [9.17, 15) is 9.59 Å². The summed E-state index contributed by atoms with van der Waals surface area (Å²) in [5.41, 5.74) is 0.660. The molecule has 128 valence electrons. The molecule has 0 N–H and O–H groups in total. The number of ketones is 2. The molecule has 0 spiro atoms. The van der Waals surface area contributed by atoms with Gasteiger partial charge in [-0.3, -0.25) is 9.59 Å². The van der Waals surface area contributed by atoms with E-state index in [0.717, 1.165) is 43.4 Å². The Morgan fingerprint density at radius 1 is 0.957 bits per heavy atom. The highest BCUT2D eigenvalue weighted by molar-refractivity contribution is 5.80. The fraction of sp³-hybridized carbons (Fsp3) is 0.905. The quantitative estimate of drug-likeness (QED) is 0.696. The summed E-state index contributed by atoms with van der Waals surface area (Å²) >= 11 is 0. The summed E-state index contributed by atoms with van der Waals surface area (Å²) < 4.78 is 0. The van der Waals surface area contributed by atoms with Gasteiger partial charge in [0.15, 0.2) is 0 Å². The van der Waals surface area contributed by atoms with Crippen LogP contribution in [0.25, 0.3) is 0 Å². The number of carbonyl (C=O) groups is 2. The summed E-state index contributed by atoms with van der Waals surface area (Å²) in [5, 5.41) is 0. The largest absolute Gasteiger partial charge is 0.300 e. The minimum atomic E-state index is 0.265. The predicted molar refractivity (Wildman–Crippen MR) is 90.9 cm³/mol. The Balaban J connectivity index is 1.63. The topological polar surface area (TPSA) is 34.1 Å². The van der Waals surface area contributed by atoms with Gasteiger partial charge in [0.1, 0.15) is 11.6 Å². The molecule has 23 heavy (non-hydrogen) atoms. The summed E-state index contributed by atoms with van der Waals surface area (Å²) in [6, 6.07) is 0. The van der Waals surface area contributed by atoms with Crippen LogP contribution in [0.4, 0.5) is 0 Å². The molecule has 2 unspecified atom stereocenters. The first-order valence-corrected chi connectivity index (χ1v) is 9.88. The van der Waals surface area contributed by atoms with E-state index < -0.39 is 0 Å². The highest BCUT2D eigenvalue weighted by atomic mass is 16.1. The summed E-state index contributed by atoms with van der Waals surface area (Å²) in [6.07, 6.45) is 10.3. The van der Waals surface area contributed by atoms with E-state index in [1.54, 1.807) is 0 Å². The maximum atomic E-state index is 12.2. The van der Waals surface area contributed by atoms with Crippen LogP contribution in [-0.2, 0) is 9.59 Å². The van der Waals surface area contributed by atoms with Crippen molar-refractivity contribution >= 4 is 11.6 Å². The molecule has 0 heterocycles. The van der Waals surface area contributed by atoms with E-state index >= 15 is 0 Å². The Kier molecular flexibility index (Phi) is 3.56. The predicted octanol–water partition coefficient (Wildman–Crippen LogP) is 4.80. The van der Waals surface area contributed by atoms with Crippen molar-refractivity contribution in [2.45, 2.75) is 78.6 Å². The first-order valence-electron chi connectivity index (χ1n) is 9.88. The molecule has 7 atom stereocenters. The fourth-order valence-electron chi connectivity index (χ4n) is 7.71. The monoisotopic (exact) mass is 316 g/mol. The maximum absolute atomic E-state index is 12.2. The van der Waals surface area contributed by atoms with E-state index in [4.69, 9.17) is 0 Å². The second-order valence-corrected chi connectivity index (χ2v) is 9.68. The molecule has 0 radical (unpaired) electrons. The Labute approximate surface area is 140 Å². The Hall–Kier alpha value is -0.660. The zero-order valence-electron chi connectivity index (χ0n) is 15.1. The van der Waals surface area contributed by atoms with Crippen molar-refractivity contribution in [2.24, 2.45) is 40.4 Å². The van der Waals surface area contributed by atoms with Crippen molar-refractivity contribution in [3.05, 3.63) is 0 Å². The molecule has 0 aromatic carbocycles. The summed E-state index contributed by atoms with van der Waals surface area (Å²) in [5.74, 6) is 4.25. The number of fused-ring (bicyclic) bond motifs is 5. The number of carbonyl (C=O) groups excluding carboxylic acids is 2. The van der Waals surface area contributed by atoms with E-state index in [1.165, 1.54) is 32.1 Å². The highest BCUT2D eigenvalue weighted by Crippen LogP contribution is 2.67. The summed E-state index contributed by atoms with van der Waals surface area (Å²) in [4.78, 5) is 24.1. The third-order valence-electron chi connectivity index (χ3n) is 8.97. The van der Waals surface area contributed by atoms with Gasteiger partial charge in [0.05, 0.1) is 0 Å². The van der Waals surface area contributed by atoms with Gasteiger partial charge in [-0.2, -0.15) is 0 Å². The lowest BCUT2D eigenvalue weighted by molar-refractivity contribution is -0.143. The van der Waals surface area contributed by atoms with Crippen LogP contribution in [0.2, 0.25) is 0 Å². The Bertz CT molecular complexity index is 538. The minimum Gasteiger partial charge on any atom is -0.300 e. The molecule has 4 fully saturated rings. The van der Waals surface area contributed by atoms with Gasteiger partial charge in [-0.25, -0.2) is 0 Å². The van der Waals surface area contributed by atoms with Crippen LogP contribution >= 0.6 is 0 Å². The van der Waals surface area contributed by atoms with Crippen molar-refractivity contribution in [3.63, 3.8) is 0 Å². The average molecular weight is 316 g/mol. The smallest absolute Gasteiger partial charge is 0.133 e. The van der Waals surface area contributed by atoms with Gasteiger partial charge in [0.2, 0.25) is 0 Å². The number of hydrogen-bond donors (Lipinski definition) is 0. The number of hydrogen-bond acceptors (Lipinski definition) is 2. The van der Waals surface area contributed by atoms with Crippen molar-refractivity contribution < 1.29 is 9.59 Å². The maximum Gasteiger partial charge on any atom is 0.133 e. The van der Waals surface area contributed by atoms with E-state index in [-0.39, 0.29) is 5.41 Å². The van der Waals surface area contributed by atoms with Gasteiger partial charge in [-0.05, 0) is 86.4 Å². The van der Waals surface area contributed by atoms with Crippen LogP contribution < -0.4 is 0 Å². The van der Waals surface area contributed by atoms with Gasteiger partial charge in [-0.1, -0.05) is 13.8 Å². The van der Waals surface area contributed by atoms with Crippen LogP contribution in [0.1, 0.15) is 78.6 Å². The number of Topliss-reactive ketones (excluding diaryl/α,β-unsaturated/α-hetero) is 2. The van der Waals surface area contributed by atoms with Crippen molar-refractivity contribution in [1.82, 2.24) is 0 Å². The van der Waals surface area contributed by atoms with Crippen molar-refractivity contribution in [1.29, 1.82) is 0 Å². The van der Waals surface area contributed by atoms with Crippen LogP contribution in [-0.4, -0.2) is 11.6 Å². The molecular weight excluding hydrogens is 284 g/mol. The lowest BCUT2D eigenvalue weighted by atomic mass is 9.44. The third kappa shape index (κ3) is 2.12. The van der Waals surface area contributed by atoms with E-state index in [1.807, 2.05) is 6.92 Å². The second-order valence-electron chi connectivity index (χ2n) is 9.68. The minimum absolute atomic E-state index is 0.265. The van der Waals surface area contributed by atoms with Crippen LogP contribution in [0.15, 0.2) is 0 Å². The van der Waals surface area contributed by atoms with Crippen molar-refractivity contribution in [2.75, 3.05) is 0 Å². The van der Waals surface area contributed by atoms with E-state index in [2.05, 4.69) is 13.8 Å². The van der Waals surface area contributed by atoms with E-state index in [0.29, 0.717) is 28.8 Å². The van der Waals surface area contributed by atoms with Crippen LogP contribution in [0.3, 0.4) is 0 Å². The molecule has 2 nitrogen and oxygen atoms in total. The first-order chi connectivity index (χ1) is 10.9. The molecule has 4 aliphatic rings. The van der Waals surface area contributed by atoms with Gasteiger partial charge in [-0.15, -0.1) is 0 Å². The molecule has 0 aromatic rings. The molecular formula is C21H32O2. The standard InChI is InChI=1S/C21H32O2/c1-13(22)17-6-7-18-16-5-4-14-12-15(23)8-10-20(14,2)19(16)9-11-21(17,18)3/h14,16-19H,4-12H2,1-3H3/t14-,16?,17+,18+,19?,20+,21-/m1/s1. The van der Waals surface area contributed by atoms with Gasteiger partial charge in [0.25, 0.3) is 0 Å². The molecule has 0 aliphatic heterocycles. The molecule has 0 amide bonds.